The standard InChI is InChI=1S/C6H10O3.C6H12O3.C2H4O2/c1-3-9-6(8)4-5(2)7;1-3-5(7)6(8)9-4-2;1-2(3)4/h3-4H2,1-2H3;5,7H,3-4H2,1-2H3;1H3,(H,3,4). The van der Waals surface area contributed by atoms with Gasteiger partial charge in [-0.25, -0.2) is 4.79 Å². The molecule has 0 aliphatic carbocycles. The van der Waals surface area contributed by atoms with E-state index in [1.807, 2.05) is 0 Å². The van der Waals surface area contributed by atoms with Crippen molar-refractivity contribution >= 4 is 23.7 Å². The van der Waals surface area contributed by atoms with E-state index in [0.29, 0.717) is 19.6 Å². The van der Waals surface area contributed by atoms with Crippen LogP contribution >= 0.6 is 0 Å². The fourth-order valence-electron chi connectivity index (χ4n) is 0.820. The van der Waals surface area contributed by atoms with E-state index in [9.17, 15) is 14.4 Å². The zero-order valence-electron chi connectivity index (χ0n) is 13.7. The summed E-state index contributed by atoms with van der Waals surface area (Å²) in [6.45, 7) is 8.25. The second-order valence-corrected chi connectivity index (χ2v) is 3.88. The van der Waals surface area contributed by atoms with Gasteiger partial charge >= 0.3 is 11.9 Å². The van der Waals surface area contributed by atoms with Crippen molar-refractivity contribution in [3.05, 3.63) is 0 Å². The Labute approximate surface area is 130 Å². The monoisotopic (exact) mass is 322 g/mol. The van der Waals surface area contributed by atoms with E-state index in [2.05, 4.69) is 9.47 Å². The summed E-state index contributed by atoms with van der Waals surface area (Å²) in [6.07, 6.45) is -0.628. The first-order chi connectivity index (χ1) is 10.1. The smallest absolute Gasteiger partial charge is 0.334 e. The molecule has 0 fully saturated rings. The van der Waals surface area contributed by atoms with Crippen LogP contribution in [-0.2, 0) is 28.7 Å². The Morgan fingerprint density at radius 2 is 1.36 bits per heavy atom. The van der Waals surface area contributed by atoms with Crippen molar-refractivity contribution in [3.63, 3.8) is 0 Å². The van der Waals surface area contributed by atoms with Crippen molar-refractivity contribution in [3.8, 4) is 0 Å². The molecule has 2 N–H and O–H groups in total. The molecule has 1 unspecified atom stereocenters. The number of hydrogen-bond donors (Lipinski definition) is 2. The molecule has 8 heteroatoms. The summed E-state index contributed by atoms with van der Waals surface area (Å²) in [6, 6.07) is 0. The topological polar surface area (TPSA) is 127 Å². The molecule has 0 radical (unpaired) electrons. The summed E-state index contributed by atoms with van der Waals surface area (Å²) >= 11 is 0. The summed E-state index contributed by atoms with van der Waals surface area (Å²) in [5, 5.41) is 16.2. The first-order valence-electron chi connectivity index (χ1n) is 6.81. The first-order valence-corrected chi connectivity index (χ1v) is 6.81. The molecule has 0 aliphatic rings. The highest BCUT2D eigenvalue weighted by molar-refractivity contribution is 5.94. The van der Waals surface area contributed by atoms with Crippen LogP contribution in [-0.4, -0.2) is 53.2 Å². The molecule has 0 saturated heterocycles. The summed E-state index contributed by atoms with van der Waals surface area (Å²) in [4.78, 5) is 40.1. The highest BCUT2D eigenvalue weighted by atomic mass is 16.5. The molecule has 0 heterocycles. The lowest BCUT2D eigenvalue weighted by Gasteiger charge is -2.04. The summed E-state index contributed by atoms with van der Waals surface area (Å²) in [5.41, 5.74) is 0. The Kier molecular flexibility index (Phi) is 19.4. The third-order valence-corrected chi connectivity index (χ3v) is 1.64. The number of carbonyl (C=O) groups excluding carboxylic acids is 3. The average molecular weight is 322 g/mol. The maximum atomic E-state index is 10.5. The number of ketones is 1. The fourth-order valence-corrected chi connectivity index (χ4v) is 0.820. The third-order valence-electron chi connectivity index (χ3n) is 1.64. The Bertz CT molecular complexity index is 334. The van der Waals surface area contributed by atoms with Crippen LogP contribution in [0.15, 0.2) is 0 Å². The second kappa shape index (κ2) is 17.1. The summed E-state index contributed by atoms with van der Waals surface area (Å²) < 4.78 is 9.00. The molecule has 0 spiro atoms. The van der Waals surface area contributed by atoms with Crippen molar-refractivity contribution in [1.29, 1.82) is 0 Å². The molecular weight excluding hydrogens is 296 g/mol. The lowest BCUT2D eigenvalue weighted by Crippen LogP contribution is -2.21. The predicted octanol–water partition coefficient (Wildman–Crippen LogP) is 0.940. The van der Waals surface area contributed by atoms with Crippen LogP contribution in [0.25, 0.3) is 0 Å². The van der Waals surface area contributed by atoms with Crippen LogP contribution in [0.4, 0.5) is 0 Å². The molecule has 0 aromatic carbocycles. The Hall–Kier alpha value is -1.96. The van der Waals surface area contributed by atoms with Gasteiger partial charge in [0.1, 0.15) is 12.2 Å². The van der Waals surface area contributed by atoms with Gasteiger partial charge in [0, 0.05) is 6.92 Å². The molecule has 1 atom stereocenters. The van der Waals surface area contributed by atoms with Crippen molar-refractivity contribution in [2.24, 2.45) is 0 Å². The van der Waals surface area contributed by atoms with E-state index in [1.165, 1.54) is 6.92 Å². The van der Waals surface area contributed by atoms with E-state index >= 15 is 0 Å². The zero-order valence-corrected chi connectivity index (χ0v) is 13.7. The minimum Gasteiger partial charge on any atom is -0.481 e. The Morgan fingerprint density at radius 1 is 0.955 bits per heavy atom. The van der Waals surface area contributed by atoms with Crippen molar-refractivity contribution in [2.75, 3.05) is 13.2 Å². The Morgan fingerprint density at radius 3 is 1.64 bits per heavy atom. The van der Waals surface area contributed by atoms with E-state index in [4.69, 9.17) is 15.0 Å². The number of aliphatic carboxylic acids is 1. The molecule has 0 saturated carbocycles. The number of hydrogen-bond acceptors (Lipinski definition) is 7. The molecule has 0 bridgehead atoms. The number of Topliss-reactive ketones (excluding diaryl/α,β-unsaturated/α-hetero) is 1. The van der Waals surface area contributed by atoms with Gasteiger partial charge in [-0.05, 0) is 27.2 Å². The van der Waals surface area contributed by atoms with E-state index in [1.54, 1.807) is 20.8 Å². The number of aliphatic hydroxyl groups excluding tert-OH is 1. The van der Waals surface area contributed by atoms with Gasteiger partial charge in [0.25, 0.3) is 5.97 Å². The van der Waals surface area contributed by atoms with E-state index < -0.39 is 24.0 Å². The highest BCUT2D eigenvalue weighted by Gasteiger charge is 2.11. The highest BCUT2D eigenvalue weighted by Crippen LogP contribution is 1.92. The molecule has 130 valence electrons. The fraction of sp³-hybridized carbons (Fsp3) is 0.714. The molecular formula is C14H26O8. The molecule has 0 rings (SSSR count). The molecule has 0 aromatic heterocycles. The van der Waals surface area contributed by atoms with Gasteiger partial charge in [0.2, 0.25) is 0 Å². The molecule has 0 amide bonds. The largest absolute Gasteiger partial charge is 0.481 e. The number of aliphatic hydroxyl groups is 1. The van der Waals surface area contributed by atoms with Crippen molar-refractivity contribution in [1.82, 2.24) is 0 Å². The minimum atomic E-state index is -0.940. The Balaban J connectivity index is -0.000000266. The van der Waals surface area contributed by atoms with Crippen LogP contribution in [0.1, 0.15) is 47.5 Å². The lowest BCUT2D eigenvalue weighted by atomic mass is 10.3. The van der Waals surface area contributed by atoms with Gasteiger partial charge < -0.3 is 19.7 Å². The van der Waals surface area contributed by atoms with Crippen molar-refractivity contribution < 1.29 is 38.9 Å². The SMILES string of the molecule is CC(=O)O.CCOC(=O)C(O)CC.CCOC(=O)CC(C)=O. The number of carboxylic acids is 1. The van der Waals surface area contributed by atoms with Gasteiger partial charge in [-0.3, -0.25) is 14.4 Å². The van der Waals surface area contributed by atoms with Crippen LogP contribution < -0.4 is 0 Å². The summed E-state index contributed by atoms with van der Waals surface area (Å²) in [5.74, 6) is -1.96. The molecule has 0 aliphatic heterocycles. The minimum absolute atomic E-state index is 0.103. The second-order valence-electron chi connectivity index (χ2n) is 3.88. The number of rotatable bonds is 6. The van der Waals surface area contributed by atoms with Gasteiger partial charge in [-0.2, -0.15) is 0 Å². The van der Waals surface area contributed by atoms with Crippen LogP contribution in [0.2, 0.25) is 0 Å². The van der Waals surface area contributed by atoms with Gasteiger partial charge in [0.05, 0.1) is 13.2 Å². The molecule has 8 nitrogen and oxygen atoms in total. The van der Waals surface area contributed by atoms with Gasteiger partial charge in [0.15, 0.2) is 6.10 Å². The van der Waals surface area contributed by atoms with E-state index in [0.717, 1.165) is 6.92 Å². The molecule has 22 heavy (non-hydrogen) atoms. The number of carboxylic acid groups (broad SMARTS) is 1. The van der Waals surface area contributed by atoms with Crippen LogP contribution in [0, 0.1) is 0 Å². The summed E-state index contributed by atoms with van der Waals surface area (Å²) in [7, 11) is 0. The average Bonchev–Trinajstić information content (AvgIpc) is 2.37. The normalized spacial score (nSPS) is 9.91. The lowest BCUT2D eigenvalue weighted by molar-refractivity contribution is -0.153. The number of esters is 2. The zero-order chi connectivity index (χ0) is 18.1. The maximum Gasteiger partial charge on any atom is 0.334 e. The van der Waals surface area contributed by atoms with E-state index in [-0.39, 0.29) is 12.2 Å². The first kappa shape index (κ1) is 25.0. The van der Waals surface area contributed by atoms with Gasteiger partial charge in [-0.1, -0.05) is 6.92 Å². The van der Waals surface area contributed by atoms with Crippen LogP contribution in [0.3, 0.4) is 0 Å². The number of carbonyl (C=O) groups is 4. The number of ether oxygens (including phenoxy) is 2. The van der Waals surface area contributed by atoms with Crippen LogP contribution in [0.5, 0.6) is 0 Å². The predicted molar refractivity (Wildman–Crippen MR) is 78.2 cm³/mol. The maximum absolute atomic E-state index is 10.5. The van der Waals surface area contributed by atoms with Gasteiger partial charge in [-0.15, -0.1) is 0 Å². The molecule has 0 aromatic rings. The third kappa shape index (κ3) is 26.6. The van der Waals surface area contributed by atoms with Crippen molar-refractivity contribution in [2.45, 2.75) is 53.6 Å². The quantitative estimate of drug-likeness (QED) is 0.546.